The van der Waals surface area contributed by atoms with Gasteiger partial charge in [0.05, 0.1) is 0 Å². The predicted octanol–water partition coefficient (Wildman–Crippen LogP) is 6.55. The smallest absolute Gasteiger partial charge is 0.321 e. The highest BCUT2D eigenvalue weighted by molar-refractivity contribution is 5.90. The maximum atomic E-state index is 13.1. The van der Waals surface area contributed by atoms with E-state index < -0.39 is 0 Å². The second-order valence-corrected chi connectivity index (χ2v) is 10.2. The number of hydrogen-bond donors (Lipinski definition) is 1. The van der Waals surface area contributed by atoms with Crippen molar-refractivity contribution in [3.8, 4) is 0 Å². The molecule has 0 aliphatic carbocycles. The monoisotopic (exact) mass is 467 g/mol. The number of anilines is 1. The lowest BCUT2D eigenvalue weighted by molar-refractivity contribution is 0.177. The summed E-state index contributed by atoms with van der Waals surface area (Å²) in [5.41, 5.74) is 5.01. The van der Waals surface area contributed by atoms with Crippen LogP contribution in [0.25, 0.3) is 0 Å². The van der Waals surface area contributed by atoms with Crippen LogP contribution in [0.5, 0.6) is 0 Å². The van der Waals surface area contributed by atoms with Gasteiger partial charge in [0.15, 0.2) is 0 Å². The van der Waals surface area contributed by atoms with Crippen molar-refractivity contribution < 1.29 is 4.79 Å². The molecule has 2 saturated heterocycles. The number of rotatable bonds is 6. The van der Waals surface area contributed by atoms with Crippen LogP contribution in [0.3, 0.4) is 0 Å². The van der Waals surface area contributed by atoms with Gasteiger partial charge in [0.1, 0.15) is 0 Å². The molecule has 2 heterocycles. The molecule has 0 aromatic heterocycles. The first-order chi connectivity index (χ1) is 17.2. The van der Waals surface area contributed by atoms with Gasteiger partial charge < -0.3 is 10.2 Å². The van der Waals surface area contributed by atoms with E-state index in [1.165, 1.54) is 36.0 Å². The molecular weight excluding hydrogens is 430 g/mol. The topological polar surface area (TPSA) is 35.6 Å². The minimum atomic E-state index is 0.0329. The Hall–Kier alpha value is -3.11. The van der Waals surface area contributed by atoms with Gasteiger partial charge in [0.2, 0.25) is 0 Å². The van der Waals surface area contributed by atoms with E-state index in [-0.39, 0.29) is 6.03 Å². The molecule has 0 spiro atoms. The maximum Gasteiger partial charge on any atom is 0.321 e. The molecule has 182 valence electrons. The molecule has 0 unspecified atom stereocenters. The van der Waals surface area contributed by atoms with E-state index in [9.17, 15) is 4.79 Å². The average molecular weight is 468 g/mol. The molecule has 0 saturated carbocycles. The van der Waals surface area contributed by atoms with Crippen molar-refractivity contribution in [1.29, 1.82) is 0 Å². The van der Waals surface area contributed by atoms with E-state index in [4.69, 9.17) is 0 Å². The van der Waals surface area contributed by atoms with E-state index in [0.717, 1.165) is 57.2 Å². The van der Waals surface area contributed by atoms with Crippen molar-refractivity contribution in [3.63, 3.8) is 0 Å². The minimum Gasteiger partial charge on any atom is -0.324 e. The first kappa shape index (κ1) is 23.6. The number of urea groups is 1. The third-order valence-electron chi connectivity index (χ3n) is 7.78. The number of para-hydroxylation sites is 1. The van der Waals surface area contributed by atoms with Crippen molar-refractivity contribution in [1.82, 2.24) is 9.80 Å². The molecule has 5 rings (SSSR count). The van der Waals surface area contributed by atoms with Gasteiger partial charge in [-0.25, -0.2) is 4.79 Å². The highest BCUT2D eigenvalue weighted by atomic mass is 16.2. The predicted molar refractivity (Wildman–Crippen MR) is 144 cm³/mol. The van der Waals surface area contributed by atoms with E-state index >= 15 is 0 Å². The van der Waals surface area contributed by atoms with Gasteiger partial charge in [-0.2, -0.15) is 0 Å². The van der Waals surface area contributed by atoms with Crippen LogP contribution in [0.15, 0.2) is 84.9 Å². The van der Waals surface area contributed by atoms with Gasteiger partial charge >= 0.3 is 6.03 Å². The van der Waals surface area contributed by atoms with Crippen LogP contribution in [0.2, 0.25) is 0 Å². The Morgan fingerprint density at radius 3 is 2.09 bits per heavy atom. The van der Waals surface area contributed by atoms with Gasteiger partial charge in [-0.3, -0.25) is 4.90 Å². The summed E-state index contributed by atoms with van der Waals surface area (Å²) in [5, 5.41) is 3.23. The summed E-state index contributed by atoms with van der Waals surface area (Å²) < 4.78 is 0. The van der Waals surface area contributed by atoms with Crippen molar-refractivity contribution >= 4 is 11.7 Å². The zero-order chi connectivity index (χ0) is 23.9. The summed E-state index contributed by atoms with van der Waals surface area (Å²) in [4.78, 5) is 17.6. The number of carbonyl (C=O) groups is 1. The second-order valence-electron chi connectivity index (χ2n) is 10.2. The number of likely N-dealkylation sites (tertiary alicyclic amines) is 2. The Balaban J connectivity index is 1.12. The molecule has 4 heteroatoms. The van der Waals surface area contributed by atoms with Gasteiger partial charge in [0, 0.05) is 25.3 Å². The van der Waals surface area contributed by atoms with Crippen LogP contribution in [-0.4, -0.2) is 42.0 Å². The lowest BCUT2D eigenvalue weighted by Gasteiger charge is -2.33. The maximum absolute atomic E-state index is 13.1. The summed E-state index contributed by atoms with van der Waals surface area (Å²) in [6, 6.07) is 29.9. The first-order valence-electron chi connectivity index (χ1n) is 13.2. The molecule has 2 fully saturated rings. The Morgan fingerprint density at radius 2 is 1.37 bits per heavy atom. The Bertz CT molecular complexity index is 1070. The summed E-state index contributed by atoms with van der Waals surface area (Å²) in [5.74, 6) is 1.32. The Morgan fingerprint density at radius 1 is 0.743 bits per heavy atom. The summed E-state index contributed by atoms with van der Waals surface area (Å²) >= 11 is 0. The molecule has 3 aromatic carbocycles. The number of benzene rings is 3. The first-order valence-corrected chi connectivity index (χ1v) is 13.2. The van der Waals surface area contributed by atoms with Crippen molar-refractivity contribution in [2.24, 2.45) is 5.92 Å². The van der Waals surface area contributed by atoms with Crippen molar-refractivity contribution in [3.05, 3.63) is 102 Å². The molecule has 35 heavy (non-hydrogen) atoms. The third kappa shape index (κ3) is 6.32. The molecule has 4 nitrogen and oxygen atoms in total. The van der Waals surface area contributed by atoms with E-state index in [0.29, 0.717) is 5.92 Å². The van der Waals surface area contributed by atoms with Crippen molar-refractivity contribution in [2.45, 2.75) is 44.6 Å². The molecule has 0 bridgehead atoms. The summed E-state index contributed by atoms with van der Waals surface area (Å²) in [7, 11) is 0. The molecule has 3 aromatic rings. The highest BCUT2D eigenvalue weighted by Crippen LogP contribution is 2.29. The SMILES string of the molecule is O=C(Nc1ccccc1CN1CCC(Cc2ccccc2)CC1)N1CCC(c2ccccc2)CC1. The van der Waals surface area contributed by atoms with Gasteiger partial charge in [-0.1, -0.05) is 78.9 Å². The number of nitrogens with one attached hydrogen (secondary N) is 1. The van der Waals surface area contributed by atoms with Crippen LogP contribution >= 0.6 is 0 Å². The molecule has 2 aliphatic rings. The van der Waals surface area contributed by atoms with E-state index in [1.807, 2.05) is 17.0 Å². The van der Waals surface area contributed by atoms with Crippen LogP contribution in [-0.2, 0) is 13.0 Å². The fourth-order valence-corrected chi connectivity index (χ4v) is 5.65. The fraction of sp³-hybridized carbons (Fsp3) is 0.387. The molecule has 0 radical (unpaired) electrons. The quantitative estimate of drug-likeness (QED) is 0.446. The molecule has 1 N–H and O–H groups in total. The number of piperidine rings is 2. The number of carbonyl (C=O) groups excluding carboxylic acids is 1. The molecule has 0 atom stereocenters. The van der Waals surface area contributed by atoms with Crippen molar-refractivity contribution in [2.75, 3.05) is 31.5 Å². The average Bonchev–Trinajstić information content (AvgIpc) is 2.92. The van der Waals surface area contributed by atoms with E-state index in [2.05, 4.69) is 83.0 Å². The Kier molecular flexibility index (Phi) is 7.79. The third-order valence-corrected chi connectivity index (χ3v) is 7.78. The number of nitrogens with zero attached hydrogens (tertiary/aromatic N) is 2. The highest BCUT2D eigenvalue weighted by Gasteiger charge is 2.25. The van der Waals surface area contributed by atoms with Crippen LogP contribution in [0.4, 0.5) is 10.5 Å². The number of amides is 2. The van der Waals surface area contributed by atoms with Crippen LogP contribution in [0, 0.1) is 5.92 Å². The van der Waals surface area contributed by atoms with Gasteiger partial charge in [-0.05, 0) is 79.8 Å². The number of hydrogen-bond acceptors (Lipinski definition) is 2. The van der Waals surface area contributed by atoms with E-state index in [1.54, 1.807) is 0 Å². The Labute approximate surface area is 210 Å². The molecule has 2 amide bonds. The van der Waals surface area contributed by atoms with Crippen LogP contribution < -0.4 is 5.32 Å². The molecular formula is C31H37N3O. The van der Waals surface area contributed by atoms with Gasteiger partial charge in [0.25, 0.3) is 0 Å². The normalized spacial score (nSPS) is 17.9. The minimum absolute atomic E-state index is 0.0329. The summed E-state index contributed by atoms with van der Waals surface area (Å²) in [6.07, 6.45) is 5.70. The zero-order valence-corrected chi connectivity index (χ0v) is 20.6. The largest absolute Gasteiger partial charge is 0.324 e. The second kappa shape index (κ2) is 11.5. The fourth-order valence-electron chi connectivity index (χ4n) is 5.65. The van der Waals surface area contributed by atoms with Gasteiger partial charge in [-0.15, -0.1) is 0 Å². The zero-order valence-electron chi connectivity index (χ0n) is 20.6. The lowest BCUT2D eigenvalue weighted by Crippen LogP contribution is -2.41. The summed E-state index contributed by atoms with van der Waals surface area (Å²) in [6.45, 7) is 4.75. The lowest BCUT2D eigenvalue weighted by atomic mass is 9.89. The standard InChI is InChI=1S/C31H37N3O/c35-31(34-21-17-28(18-22-34)27-11-5-2-6-12-27)32-30-14-8-7-13-29(30)24-33-19-15-26(16-20-33)23-25-9-3-1-4-10-25/h1-14,26,28H,15-24H2,(H,32,35). The molecule has 2 aliphatic heterocycles. The van der Waals surface area contributed by atoms with Crippen LogP contribution in [0.1, 0.15) is 48.3 Å².